The zero-order chi connectivity index (χ0) is 26.0. The molecule has 1 aliphatic heterocycles. The SMILES string of the molecule is CN1CCc2c(cc(Nc3ncc(C#N)c(Nc4cccc(N=S(C)(C)=O)n4)n3)cc2C2CCCC2)C1. The molecule has 0 saturated heterocycles. The van der Waals surface area contributed by atoms with E-state index in [2.05, 4.69) is 60.1 Å². The number of pyridine rings is 1. The van der Waals surface area contributed by atoms with Crippen LogP contribution in [0.2, 0.25) is 0 Å². The van der Waals surface area contributed by atoms with Gasteiger partial charge in [-0.15, -0.1) is 0 Å². The number of likely N-dealkylation sites (N-methyl/N-ethyl adjacent to an activating group) is 1. The maximum Gasteiger partial charge on any atom is 0.229 e. The topological polar surface area (TPSA) is 119 Å². The number of nitrogens with zero attached hydrogens (tertiary/aromatic N) is 6. The van der Waals surface area contributed by atoms with Gasteiger partial charge >= 0.3 is 0 Å². The third kappa shape index (κ3) is 6.06. The van der Waals surface area contributed by atoms with E-state index in [4.69, 9.17) is 0 Å². The number of nitrogens with one attached hydrogen (secondary N) is 2. The lowest BCUT2D eigenvalue weighted by Crippen LogP contribution is -2.27. The van der Waals surface area contributed by atoms with Crippen LogP contribution in [0.15, 0.2) is 40.9 Å². The van der Waals surface area contributed by atoms with Gasteiger partial charge in [0.15, 0.2) is 11.6 Å². The molecule has 1 saturated carbocycles. The van der Waals surface area contributed by atoms with Crippen molar-refractivity contribution in [3.05, 3.63) is 58.8 Å². The molecule has 5 rings (SSSR count). The van der Waals surface area contributed by atoms with Gasteiger partial charge in [0.2, 0.25) is 5.95 Å². The largest absolute Gasteiger partial charge is 0.324 e. The fourth-order valence-electron chi connectivity index (χ4n) is 5.19. The highest BCUT2D eigenvalue weighted by Gasteiger charge is 2.25. The minimum absolute atomic E-state index is 0.295. The first-order chi connectivity index (χ1) is 17.8. The Kier molecular flexibility index (Phi) is 7.09. The lowest BCUT2D eigenvalue weighted by molar-refractivity contribution is 0.311. The Morgan fingerprint density at radius 1 is 1.16 bits per heavy atom. The van der Waals surface area contributed by atoms with Crippen LogP contribution >= 0.6 is 0 Å². The van der Waals surface area contributed by atoms with E-state index < -0.39 is 9.73 Å². The predicted octanol–water partition coefficient (Wildman–Crippen LogP) is 5.24. The van der Waals surface area contributed by atoms with Crippen LogP contribution in [0.5, 0.6) is 0 Å². The van der Waals surface area contributed by atoms with Gasteiger partial charge in [0.1, 0.15) is 17.5 Å². The molecule has 0 unspecified atom stereocenters. The molecule has 3 heterocycles. The third-order valence-electron chi connectivity index (χ3n) is 6.82. The molecule has 1 aliphatic carbocycles. The molecule has 9 nitrogen and oxygen atoms in total. The summed E-state index contributed by atoms with van der Waals surface area (Å²) in [6.45, 7) is 2.02. The Balaban J connectivity index is 1.45. The summed E-state index contributed by atoms with van der Waals surface area (Å²) in [5.74, 6) is 2.15. The first-order valence-electron chi connectivity index (χ1n) is 12.6. The van der Waals surface area contributed by atoms with Gasteiger partial charge in [0, 0.05) is 41.0 Å². The Morgan fingerprint density at radius 3 is 2.73 bits per heavy atom. The average Bonchev–Trinajstić information content (AvgIpc) is 3.38. The Morgan fingerprint density at radius 2 is 1.97 bits per heavy atom. The summed E-state index contributed by atoms with van der Waals surface area (Å²) in [5, 5.41) is 16.1. The molecule has 1 fully saturated rings. The number of fused-ring (bicyclic) bond motifs is 1. The highest BCUT2D eigenvalue weighted by molar-refractivity contribution is 7.92. The van der Waals surface area contributed by atoms with Crippen molar-refractivity contribution in [2.45, 2.75) is 44.6 Å². The van der Waals surface area contributed by atoms with Crippen LogP contribution in [-0.2, 0) is 22.7 Å². The number of rotatable bonds is 6. The number of hydrogen-bond donors (Lipinski definition) is 2. The van der Waals surface area contributed by atoms with Gasteiger partial charge in [-0.2, -0.15) is 14.6 Å². The van der Waals surface area contributed by atoms with E-state index in [-0.39, 0.29) is 0 Å². The summed E-state index contributed by atoms with van der Waals surface area (Å²) in [7, 11) is -0.185. The monoisotopic (exact) mass is 516 g/mol. The highest BCUT2D eigenvalue weighted by Crippen LogP contribution is 2.40. The number of nitriles is 1. The Bertz CT molecular complexity index is 1470. The van der Waals surface area contributed by atoms with Crippen molar-refractivity contribution in [1.29, 1.82) is 5.26 Å². The lowest BCUT2D eigenvalue weighted by atomic mass is 9.86. The minimum atomic E-state index is -2.35. The van der Waals surface area contributed by atoms with E-state index in [1.165, 1.54) is 48.6 Å². The van der Waals surface area contributed by atoms with Gasteiger partial charge in [-0.1, -0.05) is 18.9 Å². The van der Waals surface area contributed by atoms with E-state index in [1.54, 1.807) is 30.7 Å². The summed E-state index contributed by atoms with van der Waals surface area (Å²) in [5.41, 5.74) is 5.60. The summed E-state index contributed by atoms with van der Waals surface area (Å²) in [6.07, 6.45) is 10.8. The number of anilines is 4. The first kappa shape index (κ1) is 25.1. The van der Waals surface area contributed by atoms with E-state index in [1.807, 2.05) is 0 Å². The van der Waals surface area contributed by atoms with E-state index in [0.29, 0.717) is 34.9 Å². The second-order valence-corrected chi connectivity index (χ2v) is 12.7. The molecular weight excluding hydrogens is 484 g/mol. The van der Waals surface area contributed by atoms with Crippen molar-refractivity contribution < 1.29 is 4.21 Å². The molecule has 2 N–H and O–H groups in total. The van der Waals surface area contributed by atoms with Crippen LogP contribution in [0.3, 0.4) is 0 Å². The molecule has 2 aromatic heterocycles. The molecule has 192 valence electrons. The molecule has 2 aliphatic rings. The Hall–Kier alpha value is -3.55. The fourth-order valence-corrected chi connectivity index (χ4v) is 5.74. The van der Waals surface area contributed by atoms with Crippen molar-refractivity contribution in [3.8, 4) is 6.07 Å². The fraction of sp³-hybridized carbons (Fsp3) is 0.407. The molecule has 0 radical (unpaired) electrons. The summed E-state index contributed by atoms with van der Waals surface area (Å²) < 4.78 is 16.2. The lowest BCUT2D eigenvalue weighted by Gasteiger charge is -2.29. The normalized spacial score (nSPS) is 16.2. The zero-order valence-corrected chi connectivity index (χ0v) is 22.3. The smallest absolute Gasteiger partial charge is 0.229 e. The molecule has 0 bridgehead atoms. The van der Waals surface area contributed by atoms with E-state index in [9.17, 15) is 9.47 Å². The molecule has 10 heteroatoms. The maximum atomic E-state index is 12.1. The van der Waals surface area contributed by atoms with Crippen LogP contribution in [0.1, 0.15) is 53.9 Å². The predicted molar refractivity (Wildman–Crippen MR) is 147 cm³/mol. The van der Waals surface area contributed by atoms with Gasteiger partial charge in [-0.3, -0.25) is 0 Å². The Labute approximate surface area is 218 Å². The molecule has 37 heavy (non-hydrogen) atoms. The van der Waals surface area contributed by atoms with Gasteiger partial charge in [0.25, 0.3) is 0 Å². The first-order valence-corrected chi connectivity index (χ1v) is 14.9. The zero-order valence-electron chi connectivity index (χ0n) is 21.5. The van der Waals surface area contributed by atoms with Gasteiger partial charge in [-0.05, 0) is 73.2 Å². The highest BCUT2D eigenvalue weighted by atomic mass is 32.2. The van der Waals surface area contributed by atoms with Gasteiger partial charge < -0.3 is 15.5 Å². The number of aromatic nitrogens is 3. The molecule has 0 amide bonds. The van der Waals surface area contributed by atoms with Crippen LogP contribution in [0.4, 0.5) is 29.1 Å². The molecule has 1 aromatic carbocycles. The van der Waals surface area contributed by atoms with Crippen LogP contribution in [-0.4, -0.2) is 50.2 Å². The summed E-state index contributed by atoms with van der Waals surface area (Å²) in [4.78, 5) is 15.8. The van der Waals surface area contributed by atoms with Gasteiger partial charge in [0.05, 0.1) is 6.20 Å². The van der Waals surface area contributed by atoms with Crippen molar-refractivity contribution >= 4 is 38.8 Å². The van der Waals surface area contributed by atoms with Gasteiger partial charge in [-0.25, -0.2) is 14.2 Å². The van der Waals surface area contributed by atoms with Crippen molar-refractivity contribution in [2.75, 3.05) is 36.7 Å². The minimum Gasteiger partial charge on any atom is -0.324 e. The maximum absolute atomic E-state index is 12.1. The second kappa shape index (κ2) is 10.4. The standard InChI is InChI=1S/C27H32N8OS/c1-35-12-11-22-19(17-35)13-21(14-23(22)18-7-4-5-8-18)30-27-29-16-20(15-28)26(33-27)32-24-9-6-10-25(31-24)34-37(2,3)36/h6,9-10,13-14,16,18H,4-5,7-8,11-12,17H2,1-3H3,(H2,29,30,31,32,33). The second-order valence-electron chi connectivity index (χ2n) is 10.1. The molecular formula is C27H32N8OS. The van der Waals surface area contributed by atoms with E-state index >= 15 is 0 Å². The molecule has 3 aromatic rings. The summed E-state index contributed by atoms with van der Waals surface area (Å²) in [6, 6.07) is 11.8. The van der Waals surface area contributed by atoms with Crippen LogP contribution < -0.4 is 10.6 Å². The van der Waals surface area contributed by atoms with Crippen LogP contribution in [0, 0.1) is 11.3 Å². The number of hydrogen-bond acceptors (Lipinski definition) is 9. The quantitative estimate of drug-likeness (QED) is 0.457. The summed E-state index contributed by atoms with van der Waals surface area (Å²) >= 11 is 0. The third-order valence-corrected chi connectivity index (χ3v) is 7.44. The van der Waals surface area contributed by atoms with Crippen molar-refractivity contribution in [2.24, 2.45) is 4.36 Å². The van der Waals surface area contributed by atoms with Crippen molar-refractivity contribution in [3.63, 3.8) is 0 Å². The number of benzene rings is 1. The van der Waals surface area contributed by atoms with Crippen molar-refractivity contribution in [1.82, 2.24) is 19.9 Å². The average molecular weight is 517 g/mol. The van der Waals surface area contributed by atoms with Crippen LogP contribution in [0.25, 0.3) is 0 Å². The van der Waals surface area contributed by atoms with E-state index in [0.717, 1.165) is 25.2 Å². The molecule has 0 spiro atoms. The molecule has 0 atom stereocenters.